The molecule has 0 aliphatic carbocycles. The predicted octanol–water partition coefficient (Wildman–Crippen LogP) is 3.84. The van der Waals surface area contributed by atoms with E-state index in [2.05, 4.69) is 32.1 Å². The number of hydrogen-bond donors (Lipinski definition) is 3. The first-order chi connectivity index (χ1) is 15.5. The van der Waals surface area contributed by atoms with Crippen LogP contribution in [0.15, 0.2) is 77.3 Å². The molecule has 3 aromatic carbocycles. The van der Waals surface area contributed by atoms with Crippen molar-refractivity contribution in [2.45, 2.75) is 0 Å². The van der Waals surface area contributed by atoms with Gasteiger partial charge in [-0.3, -0.25) is 25.8 Å². The number of nitrogens with one attached hydrogen (secondary N) is 3. The maximum atomic E-state index is 12.3. The van der Waals surface area contributed by atoms with Crippen molar-refractivity contribution in [2.75, 3.05) is 13.7 Å². The van der Waals surface area contributed by atoms with Crippen molar-refractivity contribution in [3.63, 3.8) is 0 Å². The number of carbonyl (C=O) groups excluding carboxylic acids is 2. The number of amides is 2. The first-order valence-electron chi connectivity index (χ1n) is 9.48. The molecule has 0 bridgehead atoms. The Bertz CT molecular complexity index is 1110. The average molecular weight is 514 g/mol. The highest BCUT2D eigenvalue weighted by Crippen LogP contribution is 2.25. The fourth-order valence-electron chi connectivity index (χ4n) is 2.70. The molecule has 0 aromatic heterocycles. The van der Waals surface area contributed by atoms with Gasteiger partial charge in [0.1, 0.15) is 11.5 Å². The summed E-state index contributed by atoms with van der Waals surface area (Å²) in [6.07, 6.45) is 0. The molecule has 0 unspecified atom stereocenters. The first-order valence-corrected chi connectivity index (χ1v) is 10.7. The molecule has 0 radical (unpaired) electrons. The van der Waals surface area contributed by atoms with Gasteiger partial charge >= 0.3 is 0 Å². The van der Waals surface area contributed by atoms with Crippen molar-refractivity contribution < 1.29 is 19.1 Å². The van der Waals surface area contributed by atoms with E-state index in [-0.39, 0.29) is 11.7 Å². The normalized spacial score (nSPS) is 10.1. The van der Waals surface area contributed by atoms with Gasteiger partial charge in [-0.2, -0.15) is 0 Å². The molecule has 0 saturated heterocycles. The van der Waals surface area contributed by atoms with Crippen molar-refractivity contribution >= 4 is 45.1 Å². The van der Waals surface area contributed by atoms with Gasteiger partial charge in [0, 0.05) is 5.56 Å². The van der Waals surface area contributed by atoms with Gasteiger partial charge < -0.3 is 9.47 Å². The van der Waals surface area contributed by atoms with Crippen LogP contribution in [0.2, 0.25) is 0 Å². The maximum absolute atomic E-state index is 12.3. The summed E-state index contributed by atoms with van der Waals surface area (Å²) in [5.74, 6) is 0.265. The molecule has 0 heterocycles. The number of rotatable bonds is 6. The Morgan fingerprint density at radius 2 is 1.62 bits per heavy atom. The molecule has 7 nitrogen and oxygen atoms in total. The number of hydrogen-bond acceptors (Lipinski definition) is 5. The fourth-order valence-corrected chi connectivity index (χ4v) is 3.38. The third kappa shape index (κ3) is 6.53. The molecule has 164 valence electrons. The molecule has 0 atom stereocenters. The van der Waals surface area contributed by atoms with Crippen LogP contribution in [0.5, 0.6) is 11.5 Å². The van der Waals surface area contributed by atoms with Crippen LogP contribution in [0.3, 0.4) is 0 Å². The van der Waals surface area contributed by atoms with Gasteiger partial charge in [0.05, 0.1) is 11.6 Å². The topological polar surface area (TPSA) is 88.7 Å². The molecule has 0 fully saturated rings. The zero-order valence-electron chi connectivity index (χ0n) is 17.1. The molecule has 0 spiro atoms. The summed E-state index contributed by atoms with van der Waals surface area (Å²) in [7, 11) is 1.53. The molecule has 3 N–H and O–H groups in total. The van der Waals surface area contributed by atoms with Crippen molar-refractivity contribution in [1.82, 2.24) is 16.2 Å². The van der Waals surface area contributed by atoms with Gasteiger partial charge in [-0.05, 0) is 69.6 Å². The number of carbonyl (C=O) groups is 2. The number of benzene rings is 3. The van der Waals surface area contributed by atoms with Crippen LogP contribution in [0.1, 0.15) is 10.4 Å². The zero-order valence-corrected chi connectivity index (χ0v) is 19.5. The van der Waals surface area contributed by atoms with Gasteiger partial charge in [0.2, 0.25) is 0 Å². The van der Waals surface area contributed by atoms with Crippen LogP contribution in [0, 0.1) is 0 Å². The standard InChI is InChI=1S/C23H20BrN3O4S/c1-30-20-12-9-17(13-19(20)24)22(29)25-23(32)27-26-21(28)14-31-18-10-7-16(8-11-18)15-5-3-2-4-6-15/h2-13H,14H2,1H3,(H,26,28)(H2,25,27,29,32). The highest BCUT2D eigenvalue weighted by atomic mass is 79.9. The van der Waals surface area contributed by atoms with Gasteiger partial charge in [-0.15, -0.1) is 0 Å². The number of halogens is 1. The van der Waals surface area contributed by atoms with E-state index in [4.69, 9.17) is 21.7 Å². The molecular formula is C23H20BrN3O4S. The Morgan fingerprint density at radius 3 is 2.28 bits per heavy atom. The van der Waals surface area contributed by atoms with E-state index in [0.29, 0.717) is 21.5 Å². The molecule has 3 rings (SSSR count). The molecular weight excluding hydrogens is 494 g/mol. The molecule has 32 heavy (non-hydrogen) atoms. The summed E-state index contributed by atoms with van der Waals surface area (Å²) in [6.45, 7) is -0.223. The monoisotopic (exact) mass is 513 g/mol. The Balaban J connectivity index is 1.42. The number of hydrazine groups is 1. The molecule has 0 saturated carbocycles. The van der Waals surface area contributed by atoms with Crippen LogP contribution in [0.25, 0.3) is 11.1 Å². The van der Waals surface area contributed by atoms with E-state index in [1.54, 1.807) is 30.3 Å². The summed E-state index contributed by atoms with van der Waals surface area (Å²) < 4.78 is 11.2. The average Bonchev–Trinajstić information content (AvgIpc) is 2.82. The van der Waals surface area contributed by atoms with Crippen LogP contribution in [-0.2, 0) is 4.79 Å². The Hall–Kier alpha value is -3.43. The van der Waals surface area contributed by atoms with Crippen LogP contribution < -0.4 is 25.6 Å². The highest BCUT2D eigenvalue weighted by Gasteiger charge is 2.11. The van der Waals surface area contributed by atoms with Crippen LogP contribution in [0.4, 0.5) is 0 Å². The van der Waals surface area contributed by atoms with E-state index in [0.717, 1.165) is 11.1 Å². The van der Waals surface area contributed by atoms with Crippen molar-refractivity contribution in [1.29, 1.82) is 0 Å². The van der Waals surface area contributed by atoms with E-state index in [1.807, 2.05) is 42.5 Å². The molecule has 3 aromatic rings. The van der Waals surface area contributed by atoms with E-state index in [9.17, 15) is 9.59 Å². The number of methoxy groups -OCH3 is 1. The third-order valence-corrected chi connectivity index (χ3v) is 5.11. The lowest BCUT2D eigenvalue weighted by atomic mass is 10.1. The van der Waals surface area contributed by atoms with Gasteiger partial charge in [-0.25, -0.2) is 0 Å². The minimum atomic E-state index is -0.457. The Morgan fingerprint density at radius 1 is 0.938 bits per heavy atom. The lowest BCUT2D eigenvalue weighted by Gasteiger charge is -2.12. The van der Waals surface area contributed by atoms with Crippen molar-refractivity contribution in [2.24, 2.45) is 0 Å². The summed E-state index contributed by atoms with van der Waals surface area (Å²) in [5, 5.41) is 2.42. The largest absolute Gasteiger partial charge is 0.496 e. The van der Waals surface area contributed by atoms with E-state index < -0.39 is 11.8 Å². The van der Waals surface area contributed by atoms with Crippen LogP contribution in [-0.4, -0.2) is 30.6 Å². The lowest BCUT2D eigenvalue weighted by Crippen LogP contribution is -2.49. The number of ether oxygens (including phenoxy) is 2. The lowest BCUT2D eigenvalue weighted by molar-refractivity contribution is -0.123. The summed E-state index contributed by atoms with van der Waals surface area (Å²) >= 11 is 8.35. The van der Waals surface area contributed by atoms with Gasteiger partial charge in [-0.1, -0.05) is 42.5 Å². The van der Waals surface area contributed by atoms with Gasteiger partial charge in [0.25, 0.3) is 11.8 Å². The zero-order chi connectivity index (χ0) is 22.9. The summed E-state index contributed by atoms with van der Waals surface area (Å²) in [6, 6.07) is 22.2. The summed E-state index contributed by atoms with van der Waals surface area (Å²) in [4.78, 5) is 24.2. The Kier molecular flexibility index (Phi) is 8.18. The molecule has 0 aliphatic heterocycles. The second-order valence-corrected chi connectivity index (χ2v) is 7.75. The first kappa shape index (κ1) is 23.2. The van der Waals surface area contributed by atoms with Crippen molar-refractivity contribution in [3.05, 3.63) is 82.8 Å². The number of thiocarbonyl (C=S) groups is 1. The van der Waals surface area contributed by atoms with E-state index in [1.165, 1.54) is 7.11 Å². The maximum Gasteiger partial charge on any atom is 0.276 e. The van der Waals surface area contributed by atoms with Crippen LogP contribution >= 0.6 is 28.1 Å². The second kappa shape index (κ2) is 11.3. The van der Waals surface area contributed by atoms with Gasteiger partial charge in [0.15, 0.2) is 11.7 Å². The van der Waals surface area contributed by atoms with E-state index >= 15 is 0 Å². The second-order valence-electron chi connectivity index (χ2n) is 6.48. The Labute approximate surface area is 199 Å². The minimum absolute atomic E-state index is 0.0532. The smallest absolute Gasteiger partial charge is 0.276 e. The quantitative estimate of drug-likeness (QED) is 0.342. The molecule has 0 aliphatic rings. The minimum Gasteiger partial charge on any atom is -0.496 e. The van der Waals surface area contributed by atoms with Crippen molar-refractivity contribution in [3.8, 4) is 22.6 Å². The predicted molar refractivity (Wildman–Crippen MR) is 129 cm³/mol. The fraction of sp³-hybridized carbons (Fsp3) is 0.0870. The SMILES string of the molecule is COc1ccc(C(=O)NC(=S)NNC(=O)COc2ccc(-c3ccccc3)cc2)cc1Br. The molecule has 9 heteroatoms. The highest BCUT2D eigenvalue weighted by molar-refractivity contribution is 9.10. The molecule has 2 amide bonds. The third-order valence-electron chi connectivity index (χ3n) is 4.29. The summed E-state index contributed by atoms with van der Waals surface area (Å²) in [5.41, 5.74) is 7.36.